The van der Waals surface area contributed by atoms with Crippen molar-refractivity contribution in [2.24, 2.45) is 0 Å². The van der Waals surface area contributed by atoms with Gasteiger partial charge in [-0.05, 0) is 28.4 Å². The molecular weight excluding hydrogens is 400 g/mol. The van der Waals surface area contributed by atoms with Gasteiger partial charge in [0, 0.05) is 29.0 Å². The van der Waals surface area contributed by atoms with Crippen molar-refractivity contribution in [1.29, 1.82) is 0 Å². The fourth-order valence-corrected chi connectivity index (χ4v) is 3.06. The van der Waals surface area contributed by atoms with E-state index in [-0.39, 0.29) is 12.6 Å². The van der Waals surface area contributed by atoms with E-state index < -0.39 is 0 Å². The molecule has 0 saturated heterocycles. The van der Waals surface area contributed by atoms with E-state index in [1.807, 2.05) is 12.1 Å². The number of halogens is 1. The van der Waals surface area contributed by atoms with Gasteiger partial charge < -0.3 is 15.7 Å². The molecule has 0 aliphatic carbocycles. The lowest BCUT2D eigenvalue weighted by Crippen LogP contribution is -2.29. The number of aliphatic hydroxyl groups is 1. The second-order valence-electron chi connectivity index (χ2n) is 6.01. The van der Waals surface area contributed by atoms with Gasteiger partial charge in [0.25, 0.3) is 0 Å². The van der Waals surface area contributed by atoms with Crippen molar-refractivity contribution in [3.63, 3.8) is 0 Å². The third-order valence-electron chi connectivity index (χ3n) is 3.96. The van der Waals surface area contributed by atoms with Crippen LogP contribution in [0.25, 0.3) is 5.65 Å². The largest absolute Gasteiger partial charge is 0.394 e. The lowest BCUT2D eigenvalue weighted by Gasteiger charge is -2.17. The predicted octanol–water partition coefficient (Wildman–Crippen LogP) is 2.20. The summed E-state index contributed by atoms with van der Waals surface area (Å²) in [4.78, 5) is 4.58. The highest BCUT2D eigenvalue weighted by Crippen LogP contribution is 2.23. The van der Waals surface area contributed by atoms with Crippen molar-refractivity contribution in [2.45, 2.75) is 32.4 Å². The molecule has 3 aromatic rings. The average molecular weight is 422 g/mol. The van der Waals surface area contributed by atoms with E-state index in [0.29, 0.717) is 18.0 Å². The fraction of sp³-hybridized carbons (Fsp3) is 0.353. The first-order valence-corrected chi connectivity index (χ1v) is 9.25. The smallest absolute Gasteiger partial charge is 0.227 e. The molecule has 8 nitrogen and oxygen atoms in total. The first kappa shape index (κ1) is 18.4. The summed E-state index contributed by atoms with van der Waals surface area (Å²) in [7, 11) is 0. The van der Waals surface area contributed by atoms with Crippen LogP contribution in [0.2, 0.25) is 0 Å². The van der Waals surface area contributed by atoms with Crippen molar-refractivity contribution < 1.29 is 15.0 Å². The molecule has 0 aliphatic rings. The van der Waals surface area contributed by atoms with Gasteiger partial charge in [0.2, 0.25) is 12.4 Å². The standard InChI is InChI=1S/C17H22BrN6O2/c1-2-4-13(11-25)21-15-7-16(24-17(22-15)14(18)9-20-24)19-8-12-5-3-6-23(26)10-12/h3,5-7,9-10,13,19,25-26H,2,4,8,11H2,1H3,(H,21,22)/q+1. The highest BCUT2D eigenvalue weighted by molar-refractivity contribution is 9.10. The van der Waals surface area contributed by atoms with Crippen LogP contribution in [0, 0.1) is 0 Å². The number of aliphatic hydroxyl groups excluding tert-OH is 1. The molecule has 138 valence electrons. The predicted molar refractivity (Wildman–Crippen MR) is 101 cm³/mol. The van der Waals surface area contributed by atoms with Gasteiger partial charge in [-0.25, -0.2) is 4.98 Å². The second kappa shape index (κ2) is 8.33. The minimum atomic E-state index is -0.0491. The van der Waals surface area contributed by atoms with E-state index in [2.05, 4.69) is 43.6 Å². The van der Waals surface area contributed by atoms with E-state index in [1.54, 1.807) is 29.2 Å². The van der Waals surface area contributed by atoms with Crippen LogP contribution in [0.15, 0.2) is 41.3 Å². The Bertz CT molecular complexity index is 885. The molecule has 9 heteroatoms. The lowest BCUT2D eigenvalue weighted by atomic mass is 10.2. The Morgan fingerprint density at radius 1 is 1.42 bits per heavy atom. The molecule has 0 radical (unpaired) electrons. The molecule has 0 spiro atoms. The lowest BCUT2D eigenvalue weighted by molar-refractivity contribution is -0.905. The normalized spacial score (nSPS) is 12.3. The number of nitrogens with one attached hydrogen (secondary N) is 2. The van der Waals surface area contributed by atoms with E-state index in [0.717, 1.165) is 33.4 Å². The number of hydrogen-bond acceptors (Lipinski definition) is 6. The minimum absolute atomic E-state index is 0.0460. The molecule has 3 rings (SSSR count). The maximum atomic E-state index is 9.53. The van der Waals surface area contributed by atoms with Crippen LogP contribution in [0.5, 0.6) is 0 Å². The molecule has 4 N–H and O–H groups in total. The van der Waals surface area contributed by atoms with Gasteiger partial charge in [-0.2, -0.15) is 9.61 Å². The highest BCUT2D eigenvalue weighted by Gasteiger charge is 2.13. The molecule has 1 atom stereocenters. The number of anilines is 2. The molecule has 3 aromatic heterocycles. The molecule has 0 amide bonds. The Morgan fingerprint density at radius 2 is 2.27 bits per heavy atom. The number of hydrogen-bond donors (Lipinski definition) is 4. The zero-order valence-corrected chi connectivity index (χ0v) is 16.0. The van der Waals surface area contributed by atoms with Crippen molar-refractivity contribution in [3.8, 4) is 0 Å². The Morgan fingerprint density at radius 3 is 3.00 bits per heavy atom. The molecule has 3 heterocycles. The summed E-state index contributed by atoms with van der Waals surface area (Å²) in [6.07, 6.45) is 6.71. The Hall–Kier alpha value is -2.39. The quantitative estimate of drug-likeness (QED) is 0.328. The van der Waals surface area contributed by atoms with Crippen LogP contribution < -0.4 is 15.4 Å². The molecule has 0 fully saturated rings. The molecule has 26 heavy (non-hydrogen) atoms. The summed E-state index contributed by atoms with van der Waals surface area (Å²) >= 11 is 3.47. The van der Waals surface area contributed by atoms with Crippen molar-refractivity contribution in [3.05, 3.63) is 46.8 Å². The summed E-state index contributed by atoms with van der Waals surface area (Å²) in [5, 5.41) is 30.0. The second-order valence-corrected chi connectivity index (χ2v) is 6.87. The molecular formula is C17H22BrN6O2+. The Labute approximate surface area is 159 Å². The summed E-state index contributed by atoms with van der Waals surface area (Å²) in [5.74, 6) is 1.42. The highest BCUT2D eigenvalue weighted by atomic mass is 79.9. The van der Waals surface area contributed by atoms with Crippen LogP contribution in [-0.4, -0.2) is 37.6 Å². The van der Waals surface area contributed by atoms with Crippen molar-refractivity contribution >= 4 is 33.2 Å². The first-order chi connectivity index (χ1) is 12.6. The van der Waals surface area contributed by atoms with E-state index in [9.17, 15) is 10.3 Å². The minimum Gasteiger partial charge on any atom is -0.394 e. The number of rotatable bonds is 8. The molecule has 0 aliphatic heterocycles. The van der Waals surface area contributed by atoms with E-state index >= 15 is 0 Å². The van der Waals surface area contributed by atoms with E-state index in [1.165, 1.54) is 0 Å². The van der Waals surface area contributed by atoms with Crippen LogP contribution in [0.3, 0.4) is 0 Å². The SMILES string of the molecule is CCCC(CO)Nc1cc(NCc2ccc[n+](O)c2)n2ncc(Br)c2n1. The van der Waals surface area contributed by atoms with Crippen LogP contribution in [0.1, 0.15) is 25.3 Å². The maximum Gasteiger partial charge on any atom is 0.227 e. The molecule has 0 bridgehead atoms. The molecule has 0 saturated carbocycles. The zero-order chi connectivity index (χ0) is 18.5. The molecule has 0 aromatic carbocycles. The Kier molecular flexibility index (Phi) is 5.89. The monoisotopic (exact) mass is 421 g/mol. The van der Waals surface area contributed by atoms with Crippen molar-refractivity contribution in [1.82, 2.24) is 14.6 Å². The zero-order valence-electron chi connectivity index (χ0n) is 14.4. The summed E-state index contributed by atoms with van der Waals surface area (Å²) in [6.45, 7) is 2.63. The summed E-state index contributed by atoms with van der Waals surface area (Å²) in [6, 6.07) is 5.50. The number of fused-ring (bicyclic) bond motifs is 1. The molecule has 1 unspecified atom stereocenters. The van der Waals surface area contributed by atoms with Gasteiger partial charge >= 0.3 is 0 Å². The van der Waals surface area contributed by atoms with Gasteiger partial charge in [-0.1, -0.05) is 13.3 Å². The number of aromatic nitrogens is 4. The third-order valence-corrected chi connectivity index (χ3v) is 4.52. The fourth-order valence-electron chi connectivity index (χ4n) is 2.71. The first-order valence-electron chi connectivity index (χ1n) is 8.45. The van der Waals surface area contributed by atoms with Crippen LogP contribution in [0.4, 0.5) is 11.6 Å². The maximum absolute atomic E-state index is 9.53. The average Bonchev–Trinajstić information content (AvgIpc) is 3.00. The van der Waals surface area contributed by atoms with Crippen molar-refractivity contribution in [2.75, 3.05) is 17.2 Å². The van der Waals surface area contributed by atoms with Gasteiger partial charge in [0.15, 0.2) is 5.65 Å². The van der Waals surface area contributed by atoms with Gasteiger partial charge in [0.05, 0.1) is 23.3 Å². The number of pyridine rings is 1. The summed E-state index contributed by atoms with van der Waals surface area (Å²) in [5.41, 5.74) is 1.59. The van der Waals surface area contributed by atoms with Crippen LogP contribution >= 0.6 is 15.9 Å². The Balaban J connectivity index is 1.87. The van der Waals surface area contributed by atoms with E-state index in [4.69, 9.17) is 0 Å². The summed E-state index contributed by atoms with van der Waals surface area (Å²) < 4.78 is 3.51. The van der Waals surface area contributed by atoms with Gasteiger partial charge in [-0.3, -0.25) is 5.21 Å². The van der Waals surface area contributed by atoms with Gasteiger partial charge in [0.1, 0.15) is 11.6 Å². The van der Waals surface area contributed by atoms with Gasteiger partial charge in [-0.15, -0.1) is 0 Å². The third kappa shape index (κ3) is 4.23. The topological polar surface area (TPSA) is 98.6 Å². The number of nitrogens with zero attached hydrogens (tertiary/aromatic N) is 4. The van der Waals surface area contributed by atoms with Crippen LogP contribution in [-0.2, 0) is 6.54 Å².